The van der Waals surface area contributed by atoms with Gasteiger partial charge in [0.1, 0.15) is 23.2 Å². The van der Waals surface area contributed by atoms with Crippen LogP contribution < -0.4 is 15.5 Å². The van der Waals surface area contributed by atoms with E-state index in [1.807, 2.05) is 0 Å². The Morgan fingerprint density at radius 2 is 1.94 bits per heavy atom. The summed E-state index contributed by atoms with van der Waals surface area (Å²) in [5, 5.41) is 33.7. The number of hydrogen-bond donors (Lipinski definition) is 5. The lowest BCUT2D eigenvalue weighted by atomic mass is 9.99. The van der Waals surface area contributed by atoms with Crippen molar-refractivity contribution in [3.05, 3.63) is 65.2 Å². The average Bonchev–Trinajstić information content (AvgIpc) is 2.78. The van der Waals surface area contributed by atoms with Gasteiger partial charge in [0.2, 0.25) is 5.95 Å². The summed E-state index contributed by atoms with van der Waals surface area (Å²) in [6.07, 6.45) is -1.93. The maximum Gasteiger partial charge on any atom is 0.258 e. The van der Waals surface area contributed by atoms with Crippen LogP contribution in [0.1, 0.15) is 15.9 Å². The molecule has 172 valence electrons. The predicted molar refractivity (Wildman–Crippen MR) is 116 cm³/mol. The number of carbonyl (C=O) groups is 1. The molecule has 9 nitrogen and oxygen atoms in total. The molecule has 2 heterocycles. The molecule has 1 aliphatic rings. The van der Waals surface area contributed by atoms with Gasteiger partial charge < -0.3 is 30.9 Å². The van der Waals surface area contributed by atoms with Gasteiger partial charge in [0.25, 0.3) is 5.91 Å². The number of anilines is 3. The minimum absolute atomic E-state index is 0.0369. The smallest absolute Gasteiger partial charge is 0.258 e. The minimum atomic E-state index is -1.93. The number of aromatic nitrogens is 2. The number of aryl methyl sites for hydroxylation is 1. The standard InChI is InChI=1S/C22H21F2N5O4/c1-11-8-12(23)6-7-13(11)18-17-19(28-22(27-18)26-15(9-30)21(32)33)29(10-25-20(17)31)16-5-3-2-4-14(16)24/h2-8,15,21,30,32-33H,9-10H2,1H3,(H,25,31)(H,26,27,28). The van der Waals surface area contributed by atoms with Crippen molar-refractivity contribution in [2.45, 2.75) is 19.3 Å². The Balaban J connectivity index is 1.96. The third-order valence-electron chi connectivity index (χ3n) is 5.23. The number of amides is 1. The molecule has 1 amide bonds. The topological polar surface area (TPSA) is 131 Å². The van der Waals surface area contributed by atoms with Gasteiger partial charge in [-0.2, -0.15) is 4.98 Å². The van der Waals surface area contributed by atoms with E-state index >= 15 is 0 Å². The lowest BCUT2D eigenvalue weighted by Gasteiger charge is -2.32. The van der Waals surface area contributed by atoms with E-state index in [9.17, 15) is 28.9 Å². The number of nitrogens with one attached hydrogen (secondary N) is 2. The van der Waals surface area contributed by atoms with Crippen LogP contribution >= 0.6 is 0 Å². The van der Waals surface area contributed by atoms with E-state index in [1.165, 1.54) is 41.3 Å². The van der Waals surface area contributed by atoms with Crippen LogP contribution in [0.4, 0.5) is 26.2 Å². The molecule has 1 atom stereocenters. The SMILES string of the molecule is Cc1cc(F)ccc1-c1nc(NC(CO)C(O)O)nc2c1C(=O)NCN2c1ccccc1F. The van der Waals surface area contributed by atoms with Crippen LogP contribution in [0.25, 0.3) is 11.3 Å². The number of aliphatic hydroxyl groups is 3. The Kier molecular flexibility index (Phi) is 6.18. The van der Waals surface area contributed by atoms with Gasteiger partial charge in [0, 0.05) is 5.56 Å². The van der Waals surface area contributed by atoms with Crippen molar-refractivity contribution in [3.63, 3.8) is 0 Å². The molecule has 0 saturated heterocycles. The Morgan fingerprint density at radius 3 is 2.61 bits per heavy atom. The van der Waals surface area contributed by atoms with Gasteiger partial charge in [-0.3, -0.25) is 4.79 Å². The van der Waals surface area contributed by atoms with Crippen molar-refractivity contribution in [3.8, 4) is 11.3 Å². The van der Waals surface area contributed by atoms with Crippen molar-refractivity contribution in [1.82, 2.24) is 15.3 Å². The van der Waals surface area contributed by atoms with Gasteiger partial charge >= 0.3 is 0 Å². The normalized spacial score (nSPS) is 14.2. The zero-order valence-electron chi connectivity index (χ0n) is 17.5. The van der Waals surface area contributed by atoms with E-state index in [0.29, 0.717) is 11.1 Å². The molecular formula is C22H21F2N5O4. The Hall–Kier alpha value is -3.67. The second-order valence-electron chi connectivity index (χ2n) is 7.44. The summed E-state index contributed by atoms with van der Waals surface area (Å²) in [6, 6.07) is 8.65. The second-order valence-corrected chi connectivity index (χ2v) is 7.44. The number of para-hydroxylation sites is 1. The molecule has 0 fully saturated rings. The van der Waals surface area contributed by atoms with Gasteiger partial charge in [-0.1, -0.05) is 12.1 Å². The van der Waals surface area contributed by atoms with Crippen molar-refractivity contribution >= 4 is 23.4 Å². The fraction of sp³-hybridized carbons (Fsp3) is 0.227. The number of rotatable bonds is 6. The van der Waals surface area contributed by atoms with E-state index in [1.54, 1.807) is 13.0 Å². The van der Waals surface area contributed by atoms with Crippen molar-refractivity contribution in [2.75, 3.05) is 23.5 Å². The van der Waals surface area contributed by atoms with Crippen LogP contribution in [0.15, 0.2) is 42.5 Å². The average molecular weight is 457 g/mol. The summed E-state index contributed by atoms with van der Waals surface area (Å²) in [4.78, 5) is 23.0. The molecule has 0 aliphatic carbocycles. The lowest BCUT2D eigenvalue weighted by molar-refractivity contribution is -0.0628. The van der Waals surface area contributed by atoms with E-state index in [0.717, 1.165) is 0 Å². The molecule has 1 aliphatic heterocycles. The van der Waals surface area contributed by atoms with E-state index in [-0.39, 0.29) is 35.4 Å². The molecule has 11 heteroatoms. The first-order valence-corrected chi connectivity index (χ1v) is 10.0. The third-order valence-corrected chi connectivity index (χ3v) is 5.23. The number of fused-ring (bicyclic) bond motifs is 1. The van der Waals surface area contributed by atoms with E-state index in [2.05, 4.69) is 20.6 Å². The molecule has 5 N–H and O–H groups in total. The number of nitrogens with zero attached hydrogens (tertiary/aromatic N) is 3. The summed E-state index contributed by atoms with van der Waals surface area (Å²) in [7, 11) is 0. The first-order chi connectivity index (χ1) is 15.8. The van der Waals surface area contributed by atoms with Crippen molar-refractivity contribution < 1.29 is 28.9 Å². The molecule has 0 radical (unpaired) electrons. The van der Waals surface area contributed by atoms with Gasteiger partial charge in [0.05, 0.1) is 24.7 Å². The molecule has 0 saturated carbocycles. The second kappa shape index (κ2) is 9.06. The maximum absolute atomic E-state index is 14.6. The van der Waals surface area contributed by atoms with Crippen LogP contribution in [-0.4, -0.2) is 56.8 Å². The highest BCUT2D eigenvalue weighted by Gasteiger charge is 2.32. The van der Waals surface area contributed by atoms with Gasteiger partial charge in [-0.25, -0.2) is 13.8 Å². The highest BCUT2D eigenvalue weighted by Crippen LogP contribution is 2.37. The summed E-state index contributed by atoms with van der Waals surface area (Å²) >= 11 is 0. The highest BCUT2D eigenvalue weighted by molar-refractivity contribution is 6.07. The minimum Gasteiger partial charge on any atom is -0.394 e. The van der Waals surface area contributed by atoms with Gasteiger partial charge in [-0.15, -0.1) is 0 Å². The fourth-order valence-corrected chi connectivity index (χ4v) is 3.57. The molecule has 1 aromatic heterocycles. The zero-order valence-corrected chi connectivity index (χ0v) is 17.5. The van der Waals surface area contributed by atoms with Crippen molar-refractivity contribution in [1.29, 1.82) is 0 Å². The molecule has 0 bridgehead atoms. The first kappa shape index (κ1) is 22.5. The third kappa shape index (κ3) is 4.33. The summed E-state index contributed by atoms with van der Waals surface area (Å²) in [5.74, 6) is -1.62. The molecule has 1 unspecified atom stereocenters. The molecular weight excluding hydrogens is 436 g/mol. The predicted octanol–water partition coefficient (Wildman–Crippen LogP) is 1.65. The number of benzene rings is 2. The van der Waals surface area contributed by atoms with Crippen molar-refractivity contribution in [2.24, 2.45) is 0 Å². The molecule has 3 aromatic rings. The highest BCUT2D eigenvalue weighted by atomic mass is 19.1. The Labute approximate surface area is 187 Å². The Morgan fingerprint density at radius 1 is 1.18 bits per heavy atom. The number of halogens is 2. The van der Waals surface area contributed by atoms with E-state index in [4.69, 9.17) is 0 Å². The number of hydrogen-bond acceptors (Lipinski definition) is 8. The fourth-order valence-electron chi connectivity index (χ4n) is 3.57. The first-order valence-electron chi connectivity index (χ1n) is 10.0. The van der Waals surface area contributed by atoms with Crippen LogP contribution in [0.2, 0.25) is 0 Å². The summed E-state index contributed by atoms with van der Waals surface area (Å²) in [5.41, 5.74) is 1.22. The Bertz CT molecular complexity index is 1210. The van der Waals surface area contributed by atoms with Gasteiger partial charge in [0.15, 0.2) is 12.1 Å². The molecule has 33 heavy (non-hydrogen) atoms. The van der Waals surface area contributed by atoms with Crippen LogP contribution in [-0.2, 0) is 0 Å². The monoisotopic (exact) mass is 457 g/mol. The summed E-state index contributed by atoms with van der Waals surface area (Å²) < 4.78 is 28.3. The largest absolute Gasteiger partial charge is 0.394 e. The van der Waals surface area contributed by atoms with Crippen LogP contribution in [0, 0.1) is 18.6 Å². The molecule has 0 spiro atoms. The number of aliphatic hydroxyl groups excluding tert-OH is 2. The summed E-state index contributed by atoms with van der Waals surface area (Å²) in [6.45, 7) is 0.904. The lowest BCUT2D eigenvalue weighted by Crippen LogP contribution is -2.43. The molecule has 4 rings (SSSR count). The van der Waals surface area contributed by atoms with Gasteiger partial charge in [-0.05, 0) is 42.8 Å². The number of carbonyl (C=O) groups excluding carboxylic acids is 1. The quantitative estimate of drug-likeness (QED) is 0.353. The van der Waals surface area contributed by atoms with Crippen LogP contribution in [0.3, 0.4) is 0 Å². The maximum atomic E-state index is 14.6. The zero-order chi connectivity index (χ0) is 23.7. The van der Waals surface area contributed by atoms with Crippen LogP contribution in [0.5, 0.6) is 0 Å². The van der Waals surface area contributed by atoms with E-state index < -0.39 is 36.5 Å². The molecule has 2 aromatic carbocycles.